The van der Waals surface area contributed by atoms with Crippen LogP contribution >= 0.6 is 0 Å². The molecule has 0 N–H and O–H groups in total. The fourth-order valence-electron chi connectivity index (χ4n) is 9.53. The molecule has 0 aliphatic carbocycles. The number of hydrogen-bond acceptors (Lipinski definition) is 6. The Balaban J connectivity index is 4.17. The van der Waals surface area contributed by atoms with E-state index in [0.29, 0.717) is 19.3 Å². The van der Waals surface area contributed by atoms with Crippen LogP contribution in [0.15, 0.2) is 72.9 Å². The summed E-state index contributed by atoms with van der Waals surface area (Å²) in [5.41, 5.74) is 0. The molecule has 0 heterocycles. The molecule has 76 heavy (non-hydrogen) atoms. The van der Waals surface area contributed by atoms with Gasteiger partial charge in [-0.2, -0.15) is 0 Å². The summed E-state index contributed by atoms with van der Waals surface area (Å²) in [7, 11) is 0. The number of ether oxygens (including phenoxy) is 3. The van der Waals surface area contributed by atoms with Gasteiger partial charge in [0.1, 0.15) is 13.2 Å². The molecule has 0 aromatic carbocycles. The average Bonchev–Trinajstić information content (AvgIpc) is 3.42. The smallest absolute Gasteiger partial charge is 0.306 e. The molecule has 0 spiro atoms. The molecule has 6 nitrogen and oxygen atoms in total. The number of unbranched alkanes of at least 4 members (excludes halogenated alkanes) is 37. The van der Waals surface area contributed by atoms with E-state index >= 15 is 0 Å². The van der Waals surface area contributed by atoms with Gasteiger partial charge in [-0.05, 0) is 83.5 Å². The second kappa shape index (κ2) is 64.4. The lowest BCUT2D eigenvalue weighted by Crippen LogP contribution is -2.30. The minimum absolute atomic E-state index is 0.0746. The number of carbonyl (C=O) groups excluding carboxylic acids is 3. The zero-order valence-corrected chi connectivity index (χ0v) is 50.5. The van der Waals surface area contributed by atoms with Crippen LogP contribution in [0.25, 0.3) is 0 Å². The van der Waals surface area contributed by atoms with E-state index in [1.165, 1.54) is 193 Å². The van der Waals surface area contributed by atoms with Crippen LogP contribution in [-0.4, -0.2) is 37.2 Å². The molecular formula is C70H124O6. The lowest BCUT2D eigenvalue weighted by molar-refractivity contribution is -0.167. The summed E-state index contributed by atoms with van der Waals surface area (Å²) in [5.74, 6) is -0.869. The van der Waals surface area contributed by atoms with Crippen LogP contribution in [0, 0.1) is 0 Å². The maximum absolute atomic E-state index is 12.9. The van der Waals surface area contributed by atoms with Gasteiger partial charge in [0, 0.05) is 19.3 Å². The van der Waals surface area contributed by atoms with Crippen molar-refractivity contribution < 1.29 is 28.6 Å². The molecule has 0 aliphatic heterocycles. The van der Waals surface area contributed by atoms with Gasteiger partial charge in [0.25, 0.3) is 0 Å². The highest BCUT2D eigenvalue weighted by Gasteiger charge is 2.19. The molecule has 0 aliphatic rings. The van der Waals surface area contributed by atoms with Crippen molar-refractivity contribution in [2.45, 2.75) is 341 Å². The van der Waals surface area contributed by atoms with E-state index in [1.807, 2.05) is 0 Å². The summed E-state index contributed by atoms with van der Waals surface area (Å²) < 4.78 is 16.9. The first kappa shape index (κ1) is 72.8. The lowest BCUT2D eigenvalue weighted by atomic mass is 10.0. The maximum Gasteiger partial charge on any atom is 0.306 e. The zero-order valence-electron chi connectivity index (χ0n) is 50.5. The molecule has 0 fully saturated rings. The van der Waals surface area contributed by atoms with Gasteiger partial charge in [0.2, 0.25) is 0 Å². The second-order valence-corrected chi connectivity index (χ2v) is 22.0. The quantitative estimate of drug-likeness (QED) is 0.0261. The molecule has 440 valence electrons. The molecule has 0 aromatic heterocycles. The summed E-state index contributed by atoms with van der Waals surface area (Å²) in [6, 6.07) is 0. The lowest BCUT2D eigenvalue weighted by Gasteiger charge is -2.18. The fourth-order valence-corrected chi connectivity index (χ4v) is 9.53. The second-order valence-electron chi connectivity index (χ2n) is 22.0. The average molecular weight is 1060 g/mol. The van der Waals surface area contributed by atoms with Crippen LogP contribution in [0.2, 0.25) is 0 Å². The first-order chi connectivity index (χ1) is 37.5. The normalized spacial score (nSPS) is 12.5. The van der Waals surface area contributed by atoms with Gasteiger partial charge < -0.3 is 14.2 Å². The highest BCUT2D eigenvalue weighted by molar-refractivity contribution is 5.71. The Kier molecular flexibility index (Phi) is 61.7. The van der Waals surface area contributed by atoms with Crippen molar-refractivity contribution in [3.05, 3.63) is 72.9 Å². The van der Waals surface area contributed by atoms with Crippen LogP contribution in [0.5, 0.6) is 0 Å². The highest BCUT2D eigenvalue weighted by atomic mass is 16.6. The molecule has 0 bridgehead atoms. The fraction of sp³-hybridized carbons (Fsp3) is 0.786. The molecule has 6 heteroatoms. The molecule has 0 amide bonds. The van der Waals surface area contributed by atoms with Gasteiger partial charge in [-0.15, -0.1) is 0 Å². The van der Waals surface area contributed by atoms with E-state index in [-0.39, 0.29) is 31.1 Å². The summed E-state index contributed by atoms with van der Waals surface area (Å²) in [4.78, 5) is 38.2. The van der Waals surface area contributed by atoms with Crippen molar-refractivity contribution in [2.75, 3.05) is 13.2 Å². The predicted octanol–water partition coefficient (Wildman–Crippen LogP) is 22.5. The molecule has 0 saturated carbocycles. The summed E-state index contributed by atoms with van der Waals surface area (Å²) >= 11 is 0. The third kappa shape index (κ3) is 61.7. The van der Waals surface area contributed by atoms with Crippen LogP contribution < -0.4 is 0 Å². The Morgan fingerprint density at radius 3 is 0.868 bits per heavy atom. The summed E-state index contributed by atoms with van der Waals surface area (Å²) in [5, 5.41) is 0. The van der Waals surface area contributed by atoms with Crippen molar-refractivity contribution >= 4 is 17.9 Å². The van der Waals surface area contributed by atoms with Crippen LogP contribution in [0.3, 0.4) is 0 Å². The first-order valence-corrected chi connectivity index (χ1v) is 32.9. The number of allylic oxidation sites excluding steroid dienone is 12. The molecular weight excluding hydrogens is 937 g/mol. The third-order valence-corrected chi connectivity index (χ3v) is 14.4. The molecule has 0 aromatic rings. The van der Waals surface area contributed by atoms with Crippen molar-refractivity contribution in [3.8, 4) is 0 Å². The number of carbonyl (C=O) groups is 3. The van der Waals surface area contributed by atoms with Crippen LogP contribution in [0.1, 0.15) is 335 Å². The summed E-state index contributed by atoms with van der Waals surface area (Å²) in [6.45, 7) is 6.50. The maximum atomic E-state index is 12.9. The van der Waals surface area contributed by atoms with E-state index in [1.54, 1.807) is 0 Å². The standard InChI is InChI=1S/C70H124O6/c1-4-7-10-13-16-19-22-24-26-28-30-31-32-33-34-35-36-37-38-39-41-42-44-46-48-51-54-57-60-63-69(72)75-66-67(65-74-68(71)62-59-56-53-50-21-18-15-12-9-6-3)76-70(73)64-61-58-55-52-49-47-45-43-40-29-27-25-23-20-17-14-11-8-5-2/h7,10,12,15-16,19,24,26,30-31,33-34,67H,4-6,8-9,11,13-14,17-18,20-23,25,27-29,32,35-66H2,1-3H3/b10-7-,15-12-,19-16-,26-24-,31-30-,34-33-. The Labute approximate surface area is 472 Å². The van der Waals surface area contributed by atoms with Gasteiger partial charge in [-0.3, -0.25) is 14.4 Å². The van der Waals surface area contributed by atoms with E-state index < -0.39 is 6.10 Å². The van der Waals surface area contributed by atoms with Gasteiger partial charge >= 0.3 is 17.9 Å². The molecule has 0 saturated heterocycles. The predicted molar refractivity (Wildman–Crippen MR) is 330 cm³/mol. The largest absolute Gasteiger partial charge is 0.462 e. The Morgan fingerprint density at radius 1 is 0.276 bits per heavy atom. The Hall–Kier alpha value is -3.15. The zero-order chi connectivity index (χ0) is 55.0. The minimum Gasteiger partial charge on any atom is -0.462 e. The van der Waals surface area contributed by atoms with Crippen molar-refractivity contribution in [3.63, 3.8) is 0 Å². The van der Waals surface area contributed by atoms with Gasteiger partial charge in [0.05, 0.1) is 0 Å². The van der Waals surface area contributed by atoms with Gasteiger partial charge in [-0.1, -0.05) is 306 Å². The Bertz CT molecular complexity index is 1400. The monoisotopic (exact) mass is 1060 g/mol. The third-order valence-electron chi connectivity index (χ3n) is 14.4. The van der Waals surface area contributed by atoms with E-state index in [2.05, 4.69) is 93.7 Å². The molecule has 1 unspecified atom stereocenters. The summed E-state index contributed by atoms with van der Waals surface area (Å²) in [6.07, 6.45) is 83.6. The van der Waals surface area contributed by atoms with Gasteiger partial charge in [0.15, 0.2) is 6.10 Å². The molecule has 0 radical (unpaired) electrons. The SMILES string of the molecule is CC/C=C\C/C=C\C/C=C\C/C=C\C/C=C\CCCCCCCCCCCCCCCC(=O)OCC(COC(=O)CCCCCCC/C=C\CCC)OC(=O)CCCCCCCCCCCCCCCCCCCCC. The van der Waals surface area contributed by atoms with Crippen LogP contribution in [0.4, 0.5) is 0 Å². The van der Waals surface area contributed by atoms with E-state index in [4.69, 9.17) is 14.2 Å². The minimum atomic E-state index is -0.776. The van der Waals surface area contributed by atoms with Crippen LogP contribution in [-0.2, 0) is 28.6 Å². The van der Waals surface area contributed by atoms with E-state index in [0.717, 1.165) is 103 Å². The highest BCUT2D eigenvalue weighted by Crippen LogP contribution is 2.17. The van der Waals surface area contributed by atoms with Gasteiger partial charge in [-0.25, -0.2) is 0 Å². The first-order valence-electron chi connectivity index (χ1n) is 32.9. The van der Waals surface area contributed by atoms with Crippen molar-refractivity contribution in [1.82, 2.24) is 0 Å². The molecule has 1 atom stereocenters. The Morgan fingerprint density at radius 2 is 0.539 bits per heavy atom. The number of esters is 3. The van der Waals surface area contributed by atoms with E-state index in [9.17, 15) is 14.4 Å². The number of hydrogen-bond donors (Lipinski definition) is 0. The van der Waals surface area contributed by atoms with Crippen molar-refractivity contribution in [1.29, 1.82) is 0 Å². The van der Waals surface area contributed by atoms with Crippen molar-refractivity contribution in [2.24, 2.45) is 0 Å². The molecule has 0 rings (SSSR count). The number of rotatable bonds is 60. The topological polar surface area (TPSA) is 78.9 Å².